The van der Waals surface area contributed by atoms with Gasteiger partial charge < -0.3 is 14.8 Å². The van der Waals surface area contributed by atoms with Gasteiger partial charge in [-0.2, -0.15) is 0 Å². The Bertz CT molecular complexity index is 817. The van der Waals surface area contributed by atoms with E-state index in [9.17, 15) is 14.7 Å². The summed E-state index contributed by atoms with van der Waals surface area (Å²) in [5, 5.41) is 10.2. The lowest BCUT2D eigenvalue weighted by Crippen LogP contribution is -2.03. The molecule has 0 radical (unpaired) electrons. The van der Waals surface area contributed by atoms with Gasteiger partial charge in [-0.05, 0) is 12.1 Å². The summed E-state index contributed by atoms with van der Waals surface area (Å²) in [6.07, 6.45) is 0. The van der Waals surface area contributed by atoms with E-state index in [1.807, 2.05) is 30.3 Å². The van der Waals surface area contributed by atoms with Crippen LogP contribution < -0.4 is 0 Å². The van der Waals surface area contributed by atoms with Gasteiger partial charge in [-0.3, -0.25) is 0 Å². The minimum absolute atomic E-state index is 0.0172. The zero-order valence-electron chi connectivity index (χ0n) is 10.9. The summed E-state index contributed by atoms with van der Waals surface area (Å²) in [6, 6.07) is 9.41. The molecule has 0 aliphatic carbocycles. The maximum atomic E-state index is 11.5. The number of carbonyl (C=O) groups is 2. The van der Waals surface area contributed by atoms with Gasteiger partial charge >= 0.3 is 11.9 Å². The number of aromatic carboxylic acids is 1. The molecule has 0 amide bonds. The van der Waals surface area contributed by atoms with E-state index in [1.54, 1.807) is 0 Å². The van der Waals surface area contributed by atoms with Crippen LogP contribution in [0.4, 0.5) is 0 Å². The molecule has 21 heavy (non-hydrogen) atoms. The van der Waals surface area contributed by atoms with Crippen molar-refractivity contribution in [2.45, 2.75) is 0 Å². The van der Waals surface area contributed by atoms with Crippen LogP contribution >= 0.6 is 11.3 Å². The number of carboxylic acids is 1. The van der Waals surface area contributed by atoms with Crippen LogP contribution in [0, 0.1) is 0 Å². The largest absolute Gasteiger partial charge is 0.476 e. The smallest absolute Gasteiger partial charge is 0.367 e. The van der Waals surface area contributed by atoms with Gasteiger partial charge in [-0.15, -0.1) is 11.3 Å². The van der Waals surface area contributed by atoms with Gasteiger partial charge in [0.05, 0.1) is 17.7 Å². The molecule has 0 spiro atoms. The predicted octanol–water partition coefficient (Wildman–Crippen LogP) is 2.78. The highest BCUT2D eigenvalue weighted by Gasteiger charge is 2.23. The molecule has 106 valence electrons. The van der Waals surface area contributed by atoms with E-state index in [0.717, 1.165) is 22.2 Å². The molecule has 6 nitrogen and oxygen atoms in total. The first kappa shape index (κ1) is 13.3. The summed E-state index contributed by atoms with van der Waals surface area (Å²) in [7, 11) is 1.23. The Morgan fingerprint density at radius 2 is 2.10 bits per heavy atom. The van der Waals surface area contributed by atoms with E-state index in [4.69, 9.17) is 0 Å². The monoisotopic (exact) mass is 302 g/mol. The van der Waals surface area contributed by atoms with Gasteiger partial charge in [0.2, 0.25) is 5.01 Å². The fourth-order valence-electron chi connectivity index (χ4n) is 2.02. The standard InChI is InChI=1S/C14H10N2O4S/c1-20-14(19)12-16-10(13(17)18)11(21-12)9-6-7-4-2-3-5-8(7)15-9/h2-6,15H,1H3,(H,17,18). The highest BCUT2D eigenvalue weighted by molar-refractivity contribution is 7.17. The quantitative estimate of drug-likeness (QED) is 0.726. The molecule has 0 unspecified atom stereocenters. The number of para-hydroxylation sites is 1. The number of carboxylic acid groups (broad SMARTS) is 1. The fourth-order valence-corrected chi connectivity index (χ4v) is 2.96. The van der Waals surface area contributed by atoms with Crippen LogP contribution in [0.25, 0.3) is 21.5 Å². The van der Waals surface area contributed by atoms with Crippen LogP contribution in [-0.4, -0.2) is 34.1 Å². The summed E-state index contributed by atoms with van der Waals surface area (Å²) in [4.78, 5) is 30.2. The number of esters is 1. The van der Waals surface area contributed by atoms with Crippen molar-refractivity contribution in [2.75, 3.05) is 7.11 Å². The maximum Gasteiger partial charge on any atom is 0.367 e. The number of aromatic amines is 1. The Morgan fingerprint density at radius 3 is 2.76 bits per heavy atom. The number of hydrogen-bond donors (Lipinski definition) is 2. The Labute approximate surface area is 123 Å². The number of nitrogens with one attached hydrogen (secondary N) is 1. The molecule has 0 aliphatic rings. The molecular formula is C14H10N2O4S. The van der Waals surface area contributed by atoms with Gasteiger partial charge in [0.25, 0.3) is 0 Å². The van der Waals surface area contributed by atoms with E-state index < -0.39 is 11.9 Å². The molecular weight excluding hydrogens is 292 g/mol. The number of benzene rings is 1. The Morgan fingerprint density at radius 1 is 1.33 bits per heavy atom. The Hall–Kier alpha value is -2.67. The lowest BCUT2D eigenvalue weighted by atomic mass is 10.2. The van der Waals surface area contributed by atoms with Gasteiger partial charge in [-0.1, -0.05) is 18.2 Å². The third-order valence-corrected chi connectivity index (χ3v) is 4.03. The molecule has 0 atom stereocenters. The molecule has 3 rings (SSSR count). The molecule has 3 aromatic rings. The number of nitrogens with zero attached hydrogens (tertiary/aromatic N) is 1. The normalized spacial score (nSPS) is 10.7. The van der Waals surface area contributed by atoms with Crippen LogP contribution in [0.1, 0.15) is 20.3 Å². The average molecular weight is 302 g/mol. The first-order valence-electron chi connectivity index (χ1n) is 6.00. The van der Waals surface area contributed by atoms with Crippen molar-refractivity contribution in [2.24, 2.45) is 0 Å². The first-order valence-corrected chi connectivity index (χ1v) is 6.82. The number of hydrogen-bond acceptors (Lipinski definition) is 5. The second-order valence-electron chi connectivity index (χ2n) is 4.26. The molecule has 0 saturated heterocycles. The van der Waals surface area contributed by atoms with Gasteiger partial charge in [0.15, 0.2) is 5.69 Å². The van der Waals surface area contributed by atoms with Crippen molar-refractivity contribution in [3.05, 3.63) is 41.0 Å². The van der Waals surface area contributed by atoms with Crippen LogP contribution in [-0.2, 0) is 4.74 Å². The molecule has 2 heterocycles. The van der Waals surface area contributed by atoms with Crippen LogP contribution in [0.5, 0.6) is 0 Å². The number of methoxy groups -OCH3 is 1. The topological polar surface area (TPSA) is 92.3 Å². The van der Waals surface area contributed by atoms with Crippen molar-refractivity contribution in [3.8, 4) is 10.6 Å². The second-order valence-corrected chi connectivity index (χ2v) is 5.26. The molecule has 0 aliphatic heterocycles. The molecule has 0 bridgehead atoms. The van der Waals surface area contributed by atoms with E-state index >= 15 is 0 Å². The average Bonchev–Trinajstić information content (AvgIpc) is 3.09. The maximum absolute atomic E-state index is 11.5. The molecule has 1 aromatic carbocycles. The van der Waals surface area contributed by atoms with Crippen LogP contribution in [0.3, 0.4) is 0 Å². The summed E-state index contributed by atoms with van der Waals surface area (Å²) in [5.41, 5.74) is 1.34. The summed E-state index contributed by atoms with van der Waals surface area (Å²) >= 11 is 0.991. The molecule has 2 aromatic heterocycles. The predicted molar refractivity (Wildman–Crippen MR) is 77.7 cm³/mol. The first-order chi connectivity index (χ1) is 10.1. The van der Waals surface area contributed by atoms with Gasteiger partial charge in [0.1, 0.15) is 0 Å². The van der Waals surface area contributed by atoms with Gasteiger partial charge in [-0.25, -0.2) is 14.6 Å². The summed E-state index contributed by atoms with van der Waals surface area (Å²) in [6.45, 7) is 0. The van der Waals surface area contributed by atoms with Crippen LogP contribution in [0.2, 0.25) is 0 Å². The Balaban J connectivity index is 2.18. The number of fused-ring (bicyclic) bond motifs is 1. The highest BCUT2D eigenvalue weighted by atomic mass is 32.1. The van der Waals surface area contributed by atoms with Crippen LogP contribution in [0.15, 0.2) is 30.3 Å². The molecule has 7 heteroatoms. The van der Waals surface area contributed by atoms with E-state index in [0.29, 0.717) is 10.6 Å². The summed E-state index contributed by atoms with van der Waals surface area (Å²) in [5.74, 6) is -1.83. The summed E-state index contributed by atoms with van der Waals surface area (Å²) < 4.78 is 4.58. The molecule has 0 saturated carbocycles. The number of aromatic nitrogens is 2. The number of thiazole rings is 1. The van der Waals surface area contributed by atoms with Crippen molar-refractivity contribution < 1.29 is 19.4 Å². The number of ether oxygens (including phenoxy) is 1. The van der Waals surface area contributed by atoms with Crippen molar-refractivity contribution in [1.29, 1.82) is 0 Å². The van der Waals surface area contributed by atoms with Crippen molar-refractivity contribution in [3.63, 3.8) is 0 Å². The van der Waals surface area contributed by atoms with E-state index in [1.165, 1.54) is 7.11 Å². The van der Waals surface area contributed by atoms with Crippen molar-refractivity contribution >= 4 is 34.2 Å². The minimum Gasteiger partial charge on any atom is -0.476 e. The zero-order chi connectivity index (χ0) is 15.0. The second kappa shape index (κ2) is 5.02. The third kappa shape index (κ3) is 2.27. The van der Waals surface area contributed by atoms with E-state index in [-0.39, 0.29) is 10.7 Å². The lowest BCUT2D eigenvalue weighted by molar-refractivity contribution is 0.0600. The molecule has 2 N–H and O–H groups in total. The fraction of sp³-hybridized carbons (Fsp3) is 0.0714. The highest BCUT2D eigenvalue weighted by Crippen LogP contribution is 2.32. The van der Waals surface area contributed by atoms with Crippen molar-refractivity contribution in [1.82, 2.24) is 9.97 Å². The third-order valence-electron chi connectivity index (χ3n) is 2.96. The Kier molecular flexibility index (Phi) is 3.19. The number of H-pyrrole nitrogens is 1. The number of carbonyl (C=O) groups excluding carboxylic acids is 1. The van der Waals surface area contributed by atoms with Gasteiger partial charge in [0, 0.05) is 10.9 Å². The molecule has 0 fully saturated rings. The van der Waals surface area contributed by atoms with E-state index in [2.05, 4.69) is 14.7 Å². The lowest BCUT2D eigenvalue weighted by Gasteiger charge is -1.93. The zero-order valence-corrected chi connectivity index (χ0v) is 11.7. The minimum atomic E-state index is -1.19. The number of rotatable bonds is 3. The SMILES string of the molecule is COC(=O)c1nc(C(=O)O)c(-c2cc3ccccc3[nH]2)s1.